The van der Waals surface area contributed by atoms with E-state index in [1.165, 1.54) is 18.2 Å². The number of fused-ring (bicyclic) bond motifs is 1. The summed E-state index contributed by atoms with van der Waals surface area (Å²) in [4.78, 5) is 25.4. The molecule has 11 heteroatoms. The van der Waals surface area contributed by atoms with Gasteiger partial charge in [-0.1, -0.05) is 17.7 Å². The third-order valence-electron chi connectivity index (χ3n) is 5.82. The molecule has 3 N–H and O–H groups in total. The molecule has 0 saturated carbocycles. The monoisotopic (exact) mass is 482 g/mol. The highest BCUT2D eigenvalue weighted by Gasteiger charge is 2.36. The first-order chi connectivity index (χ1) is 14.7. The molecule has 0 spiro atoms. The highest BCUT2D eigenvalue weighted by Crippen LogP contribution is 2.45. The van der Waals surface area contributed by atoms with Gasteiger partial charge in [0.15, 0.2) is 5.43 Å². The molecule has 4 rings (SSSR count). The van der Waals surface area contributed by atoms with E-state index in [0.717, 1.165) is 12.1 Å². The van der Waals surface area contributed by atoms with Gasteiger partial charge in [-0.15, -0.1) is 12.4 Å². The largest absolute Gasteiger partial charge is 0.507 e. The number of benzene rings is 2. The first kappa shape index (κ1) is 23.8. The van der Waals surface area contributed by atoms with Crippen molar-refractivity contribution in [1.29, 1.82) is 0 Å². The minimum absolute atomic E-state index is 0. The average molecular weight is 483 g/mol. The number of aliphatic hydroxyl groups is 1. The number of likely N-dealkylation sites (N-methyl/N-ethyl adjacent to an activating group) is 1. The third kappa shape index (κ3) is 3.77. The van der Waals surface area contributed by atoms with Crippen molar-refractivity contribution in [3.63, 3.8) is 0 Å². The predicted molar refractivity (Wildman–Crippen MR) is 121 cm³/mol. The molecule has 9 nitrogen and oxygen atoms in total. The average Bonchev–Trinajstić information content (AvgIpc) is 3.07. The van der Waals surface area contributed by atoms with Gasteiger partial charge in [0.25, 0.3) is 5.69 Å². The first-order valence-corrected chi connectivity index (χ1v) is 9.89. The summed E-state index contributed by atoms with van der Waals surface area (Å²) in [5.41, 5.74) is -0.563. The van der Waals surface area contributed by atoms with E-state index in [1.807, 2.05) is 11.9 Å². The lowest BCUT2D eigenvalue weighted by Crippen LogP contribution is -2.32. The summed E-state index contributed by atoms with van der Waals surface area (Å²) < 4.78 is 5.95. The van der Waals surface area contributed by atoms with Gasteiger partial charge in [-0.3, -0.25) is 14.9 Å². The Morgan fingerprint density at radius 3 is 2.66 bits per heavy atom. The number of likely N-dealkylation sites (tertiary alicyclic amines) is 1. The van der Waals surface area contributed by atoms with Crippen LogP contribution in [0.15, 0.2) is 39.5 Å². The van der Waals surface area contributed by atoms with Gasteiger partial charge in [0, 0.05) is 41.3 Å². The van der Waals surface area contributed by atoms with Crippen LogP contribution in [0.3, 0.4) is 0 Å². The maximum absolute atomic E-state index is 12.9. The lowest BCUT2D eigenvalue weighted by Gasteiger charge is -2.24. The van der Waals surface area contributed by atoms with Gasteiger partial charge in [-0.2, -0.15) is 0 Å². The molecule has 0 unspecified atom stereocenters. The minimum atomic E-state index is -0.645. The van der Waals surface area contributed by atoms with Crippen LogP contribution in [0.4, 0.5) is 5.69 Å². The van der Waals surface area contributed by atoms with E-state index < -0.39 is 16.1 Å². The Bertz CT molecular complexity index is 1260. The molecule has 2 aromatic carbocycles. The Labute approximate surface area is 193 Å². The Morgan fingerprint density at radius 1 is 1.28 bits per heavy atom. The van der Waals surface area contributed by atoms with Crippen LogP contribution in [-0.4, -0.2) is 51.4 Å². The Hall–Kier alpha value is -2.85. The summed E-state index contributed by atoms with van der Waals surface area (Å²) in [7, 11) is 1.84. The molecular formula is C21H20Cl2N2O7. The van der Waals surface area contributed by atoms with Gasteiger partial charge < -0.3 is 24.6 Å². The van der Waals surface area contributed by atoms with Crippen molar-refractivity contribution < 1.29 is 24.7 Å². The molecule has 1 aliphatic rings. The zero-order valence-electron chi connectivity index (χ0n) is 16.8. The molecule has 0 aliphatic carbocycles. The standard InChI is InChI=1S/C21H19ClN2O7.ClH/c1-23-6-5-10(13(23)9-25)18-14(26)7-15(27)19-16(28)8-17(31-21(18)19)11-3-2-4-12(20(11)22)24(29)30;/h2-4,7-8,10,13,25-27H,5-6,9H2,1H3;1H/t10-,13+;/m1./s1. The number of phenols is 2. The second-order valence-electron chi connectivity index (χ2n) is 7.53. The maximum Gasteiger partial charge on any atom is 0.288 e. The van der Waals surface area contributed by atoms with Crippen LogP contribution in [0.1, 0.15) is 17.9 Å². The number of phenolic OH excluding ortho intramolecular Hbond substituents is 2. The molecule has 0 radical (unpaired) electrons. The van der Waals surface area contributed by atoms with E-state index in [4.69, 9.17) is 16.0 Å². The van der Waals surface area contributed by atoms with Crippen molar-refractivity contribution in [2.24, 2.45) is 0 Å². The van der Waals surface area contributed by atoms with Crippen molar-refractivity contribution in [2.75, 3.05) is 20.2 Å². The van der Waals surface area contributed by atoms with Gasteiger partial charge in [-0.25, -0.2) is 0 Å². The van der Waals surface area contributed by atoms with Gasteiger partial charge in [0.1, 0.15) is 33.3 Å². The van der Waals surface area contributed by atoms with Crippen molar-refractivity contribution in [3.8, 4) is 22.8 Å². The molecule has 1 aliphatic heterocycles. The van der Waals surface area contributed by atoms with E-state index in [2.05, 4.69) is 0 Å². The fourth-order valence-corrected chi connectivity index (χ4v) is 4.56. The van der Waals surface area contributed by atoms with E-state index in [0.29, 0.717) is 13.0 Å². The number of nitrogens with zero attached hydrogens (tertiary/aromatic N) is 2. The number of aromatic hydroxyl groups is 2. The van der Waals surface area contributed by atoms with Crippen LogP contribution in [0.5, 0.6) is 11.5 Å². The van der Waals surface area contributed by atoms with E-state index in [1.54, 1.807) is 0 Å². The summed E-state index contributed by atoms with van der Waals surface area (Å²) >= 11 is 6.19. The van der Waals surface area contributed by atoms with E-state index in [-0.39, 0.29) is 75.3 Å². The molecule has 1 fully saturated rings. The molecule has 2 heterocycles. The van der Waals surface area contributed by atoms with E-state index >= 15 is 0 Å². The fourth-order valence-electron chi connectivity index (χ4n) is 4.28. The van der Waals surface area contributed by atoms with Gasteiger partial charge in [0.05, 0.1) is 11.5 Å². The number of halogens is 2. The first-order valence-electron chi connectivity index (χ1n) is 9.51. The summed E-state index contributed by atoms with van der Waals surface area (Å²) in [6.45, 7) is 0.474. The maximum atomic E-state index is 12.9. The summed E-state index contributed by atoms with van der Waals surface area (Å²) in [6.07, 6.45) is 0.584. The Morgan fingerprint density at radius 2 is 2.00 bits per heavy atom. The zero-order chi connectivity index (χ0) is 22.4. The van der Waals surface area contributed by atoms with Crippen molar-refractivity contribution in [3.05, 3.63) is 61.3 Å². The lowest BCUT2D eigenvalue weighted by atomic mass is 9.89. The van der Waals surface area contributed by atoms with Crippen LogP contribution in [-0.2, 0) is 0 Å². The quantitative estimate of drug-likeness (QED) is 0.378. The SMILES string of the molecule is CN1CC[C@@H](c2c(O)cc(O)c3c(=O)cc(-c4cccc([N+](=O)[O-])c4Cl)oc23)[C@@H]1CO.Cl. The minimum Gasteiger partial charge on any atom is -0.507 e. The molecular weight excluding hydrogens is 463 g/mol. The Balaban J connectivity index is 0.00000289. The van der Waals surface area contributed by atoms with Gasteiger partial charge in [0.2, 0.25) is 0 Å². The number of hydrogen-bond donors (Lipinski definition) is 3. The molecule has 1 aromatic heterocycles. The summed E-state index contributed by atoms with van der Waals surface area (Å²) in [5.74, 6) is -1.12. The van der Waals surface area contributed by atoms with Gasteiger partial charge >= 0.3 is 0 Å². The zero-order valence-corrected chi connectivity index (χ0v) is 18.4. The number of nitro benzene ring substituents is 1. The molecule has 32 heavy (non-hydrogen) atoms. The van der Waals surface area contributed by atoms with E-state index in [9.17, 15) is 30.2 Å². The third-order valence-corrected chi connectivity index (χ3v) is 6.22. The normalized spacial score (nSPS) is 18.6. The van der Waals surface area contributed by atoms with Crippen molar-refractivity contribution in [1.82, 2.24) is 4.90 Å². The number of rotatable bonds is 4. The van der Waals surface area contributed by atoms with Crippen molar-refractivity contribution in [2.45, 2.75) is 18.4 Å². The topological polar surface area (TPSA) is 137 Å². The van der Waals surface area contributed by atoms with Crippen LogP contribution >= 0.6 is 24.0 Å². The number of aliphatic hydroxyl groups excluding tert-OH is 1. The molecule has 1 saturated heterocycles. The van der Waals surface area contributed by atoms with Crippen molar-refractivity contribution >= 4 is 40.7 Å². The molecule has 3 aromatic rings. The predicted octanol–water partition coefficient (Wildman–Crippen LogP) is 3.63. The summed E-state index contributed by atoms with van der Waals surface area (Å²) in [6, 6.07) is 5.97. The number of hydrogen-bond acceptors (Lipinski definition) is 8. The van der Waals surface area contributed by atoms with Crippen LogP contribution < -0.4 is 5.43 Å². The van der Waals surface area contributed by atoms with Crippen LogP contribution in [0.25, 0.3) is 22.3 Å². The second-order valence-corrected chi connectivity index (χ2v) is 7.91. The number of nitro groups is 1. The van der Waals surface area contributed by atoms with Crippen LogP contribution in [0.2, 0.25) is 5.02 Å². The highest BCUT2D eigenvalue weighted by molar-refractivity contribution is 6.35. The summed E-state index contributed by atoms with van der Waals surface area (Å²) in [5, 5.41) is 41.7. The lowest BCUT2D eigenvalue weighted by molar-refractivity contribution is -0.384. The van der Waals surface area contributed by atoms with Gasteiger partial charge in [-0.05, 0) is 26.1 Å². The molecule has 0 bridgehead atoms. The van der Waals surface area contributed by atoms with Crippen LogP contribution in [0, 0.1) is 10.1 Å². The highest BCUT2D eigenvalue weighted by atomic mass is 35.5. The molecule has 0 amide bonds. The second kappa shape index (κ2) is 8.95. The molecule has 2 atom stereocenters. The smallest absolute Gasteiger partial charge is 0.288 e. The fraction of sp³-hybridized carbons (Fsp3) is 0.286. The Kier molecular flexibility index (Phi) is 6.66. The molecule has 170 valence electrons.